The number of rotatable bonds is 18. The number of hydrogen-bond acceptors (Lipinski definition) is 6. The topological polar surface area (TPSA) is 224 Å². The van der Waals surface area contributed by atoms with Crippen molar-refractivity contribution < 1.29 is 24.0 Å². The summed E-state index contributed by atoms with van der Waals surface area (Å²) in [7, 11) is 0. The Morgan fingerprint density at radius 2 is 1.00 bits per heavy atom. The van der Waals surface area contributed by atoms with E-state index >= 15 is 0 Å². The lowest BCUT2D eigenvalue weighted by molar-refractivity contribution is -0.134. The highest BCUT2D eigenvalue weighted by atomic mass is 127. The van der Waals surface area contributed by atoms with Crippen molar-refractivity contribution in [1.82, 2.24) is 21.3 Å². The van der Waals surface area contributed by atoms with Gasteiger partial charge in [0.1, 0.15) is 24.2 Å². The zero-order valence-electron chi connectivity index (χ0n) is 31.5. The van der Waals surface area contributed by atoms with Crippen LogP contribution in [0.5, 0.6) is 0 Å². The molecule has 0 aliphatic carbocycles. The van der Waals surface area contributed by atoms with Gasteiger partial charge in [-0.3, -0.25) is 29.0 Å². The molecule has 0 spiro atoms. The SMILES string of the molecule is CC(=O)N[C@H](Cc1ccc(I)cc1)C(=O)N[C@@H](CCCN=C(N)N)C(=O)N[C@H](Cc1ccc2ccccc2c1)C(=O)N[C@H](Cc1ccc2ccccc2c1)C(N)=O. The van der Waals surface area contributed by atoms with Crippen molar-refractivity contribution in [2.75, 3.05) is 6.54 Å². The average molecular weight is 883 g/mol. The van der Waals surface area contributed by atoms with Gasteiger partial charge in [0, 0.05) is 36.3 Å². The minimum atomic E-state index is -1.19. The molecule has 0 fully saturated rings. The molecule has 5 aromatic carbocycles. The van der Waals surface area contributed by atoms with Gasteiger partial charge in [0.15, 0.2) is 5.96 Å². The van der Waals surface area contributed by atoms with Crippen molar-refractivity contribution in [3.8, 4) is 0 Å². The first-order chi connectivity index (χ1) is 27.3. The molecule has 5 rings (SSSR count). The van der Waals surface area contributed by atoms with Gasteiger partial charge in [0.2, 0.25) is 29.5 Å². The predicted molar refractivity (Wildman–Crippen MR) is 231 cm³/mol. The molecule has 0 aliphatic rings. The molecule has 0 bridgehead atoms. The van der Waals surface area contributed by atoms with Gasteiger partial charge in [-0.1, -0.05) is 97.1 Å². The van der Waals surface area contributed by atoms with Crippen LogP contribution in [-0.2, 0) is 43.2 Å². The van der Waals surface area contributed by atoms with Crippen molar-refractivity contribution in [3.05, 3.63) is 129 Å². The summed E-state index contributed by atoms with van der Waals surface area (Å²) in [4.78, 5) is 71.2. The van der Waals surface area contributed by atoms with Crippen LogP contribution in [-0.4, -0.2) is 66.2 Å². The van der Waals surface area contributed by atoms with E-state index in [4.69, 9.17) is 17.2 Å². The third-order valence-corrected chi connectivity index (χ3v) is 10.1. The first kappa shape index (κ1) is 42.1. The van der Waals surface area contributed by atoms with Crippen LogP contribution in [0.15, 0.2) is 114 Å². The summed E-state index contributed by atoms with van der Waals surface area (Å²) < 4.78 is 1.01. The lowest BCUT2D eigenvalue weighted by atomic mass is 9.99. The Bertz CT molecular complexity index is 2260. The number of amides is 5. The van der Waals surface area contributed by atoms with Gasteiger partial charge in [-0.05, 0) is 85.8 Å². The number of primary amides is 1. The minimum absolute atomic E-state index is 0.0554. The maximum Gasteiger partial charge on any atom is 0.243 e. The van der Waals surface area contributed by atoms with E-state index in [1.807, 2.05) is 109 Å². The van der Waals surface area contributed by atoms with E-state index in [-0.39, 0.29) is 38.2 Å². The van der Waals surface area contributed by atoms with E-state index < -0.39 is 53.7 Å². The highest BCUT2D eigenvalue weighted by molar-refractivity contribution is 14.1. The van der Waals surface area contributed by atoms with Crippen LogP contribution >= 0.6 is 22.6 Å². The zero-order valence-corrected chi connectivity index (χ0v) is 33.7. The number of carbonyl (C=O) groups excluding carboxylic acids is 5. The predicted octanol–water partition coefficient (Wildman–Crippen LogP) is 3.12. The van der Waals surface area contributed by atoms with Crippen LogP contribution in [0, 0.1) is 3.57 Å². The normalized spacial score (nSPS) is 13.1. The van der Waals surface area contributed by atoms with Crippen molar-refractivity contribution in [2.24, 2.45) is 22.2 Å². The number of carbonyl (C=O) groups is 5. The molecule has 0 aromatic heterocycles. The van der Waals surface area contributed by atoms with E-state index in [0.717, 1.165) is 41.8 Å². The van der Waals surface area contributed by atoms with E-state index in [1.165, 1.54) is 6.92 Å². The molecule has 0 aliphatic heterocycles. The Morgan fingerprint density at radius 1 is 0.561 bits per heavy atom. The molecule has 0 saturated heterocycles. The molecule has 0 unspecified atom stereocenters. The first-order valence-corrected chi connectivity index (χ1v) is 19.6. The lowest BCUT2D eigenvalue weighted by Crippen LogP contribution is -2.59. The van der Waals surface area contributed by atoms with E-state index in [1.54, 1.807) is 0 Å². The standard InChI is InChI=1S/C43H47IN8O5/c1-26(53)49-37(23-27-14-18-34(44)19-15-27)41(56)50-35(11-6-20-48-43(46)47)40(55)52-38(25-29-13-17-31-8-3-5-10-33(31)22-29)42(57)51-36(39(45)54)24-28-12-16-30-7-2-4-9-32(30)21-28/h2-5,7-10,12-19,21-22,35-38H,6,11,20,23-25H2,1H3,(H2,45,54)(H,49,53)(H,50,56)(H,51,57)(H,52,55)(H4,46,47,48)/t35-,36+,37+,38+/m0/s1. The van der Waals surface area contributed by atoms with Gasteiger partial charge in [0.05, 0.1) is 0 Å². The number of benzene rings is 5. The maximum absolute atomic E-state index is 14.2. The fraction of sp³-hybridized carbons (Fsp3) is 0.256. The van der Waals surface area contributed by atoms with Crippen LogP contribution in [0.25, 0.3) is 21.5 Å². The molecule has 0 saturated carbocycles. The zero-order chi connectivity index (χ0) is 40.9. The second-order valence-electron chi connectivity index (χ2n) is 13.9. The van der Waals surface area contributed by atoms with E-state index in [2.05, 4.69) is 48.9 Å². The van der Waals surface area contributed by atoms with Gasteiger partial charge in [-0.2, -0.15) is 0 Å². The molecular formula is C43H47IN8O5. The minimum Gasteiger partial charge on any atom is -0.370 e. The van der Waals surface area contributed by atoms with E-state index in [9.17, 15) is 24.0 Å². The molecule has 0 radical (unpaired) electrons. The third-order valence-electron chi connectivity index (χ3n) is 9.43. The van der Waals surface area contributed by atoms with Gasteiger partial charge >= 0.3 is 0 Å². The molecule has 296 valence electrons. The Morgan fingerprint density at radius 3 is 1.53 bits per heavy atom. The molecule has 0 heterocycles. The number of fused-ring (bicyclic) bond motifs is 2. The molecule has 57 heavy (non-hydrogen) atoms. The average Bonchev–Trinajstić information content (AvgIpc) is 3.18. The molecule has 10 N–H and O–H groups in total. The highest BCUT2D eigenvalue weighted by Crippen LogP contribution is 2.19. The summed E-state index contributed by atoms with van der Waals surface area (Å²) in [5.41, 5.74) is 19.2. The van der Waals surface area contributed by atoms with Crippen molar-refractivity contribution in [3.63, 3.8) is 0 Å². The van der Waals surface area contributed by atoms with Crippen LogP contribution in [0.1, 0.15) is 36.5 Å². The van der Waals surface area contributed by atoms with Gasteiger partial charge < -0.3 is 38.5 Å². The summed E-state index contributed by atoms with van der Waals surface area (Å²) in [6.07, 6.45) is 0.746. The van der Waals surface area contributed by atoms with Crippen molar-refractivity contribution in [1.29, 1.82) is 0 Å². The Hall–Kier alpha value is -6.03. The van der Waals surface area contributed by atoms with E-state index in [0.29, 0.717) is 6.42 Å². The summed E-state index contributed by atoms with van der Waals surface area (Å²) in [5, 5.41) is 15.0. The Kier molecular flexibility index (Phi) is 14.9. The molecule has 13 nitrogen and oxygen atoms in total. The monoisotopic (exact) mass is 882 g/mol. The van der Waals surface area contributed by atoms with Crippen molar-refractivity contribution in [2.45, 2.75) is 63.2 Å². The number of nitrogens with one attached hydrogen (secondary N) is 4. The summed E-state index contributed by atoms with van der Waals surface area (Å²) in [6.45, 7) is 1.48. The highest BCUT2D eigenvalue weighted by Gasteiger charge is 2.31. The third kappa shape index (κ3) is 12.7. The number of halogens is 1. The van der Waals surface area contributed by atoms with Gasteiger partial charge in [0.25, 0.3) is 0 Å². The quantitative estimate of drug-likeness (QED) is 0.0301. The van der Waals surface area contributed by atoms with Crippen LogP contribution in [0.4, 0.5) is 0 Å². The lowest BCUT2D eigenvalue weighted by Gasteiger charge is -2.26. The van der Waals surface area contributed by atoms with Crippen molar-refractivity contribution >= 4 is 79.6 Å². The first-order valence-electron chi connectivity index (χ1n) is 18.6. The Labute approximate surface area is 344 Å². The van der Waals surface area contributed by atoms with Crippen LogP contribution < -0.4 is 38.5 Å². The molecule has 4 atom stereocenters. The summed E-state index contributed by atoms with van der Waals surface area (Å²) in [6, 6.07) is 30.1. The second kappa shape index (κ2) is 20.2. The van der Waals surface area contributed by atoms with Crippen LogP contribution in [0.3, 0.4) is 0 Å². The second-order valence-corrected chi connectivity index (χ2v) is 15.1. The number of hydrogen-bond donors (Lipinski definition) is 7. The molecule has 5 aromatic rings. The fourth-order valence-electron chi connectivity index (χ4n) is 6.54. The molecule has 14 heteroatoms. The molecule has 5 amide bonds. The van der Waals surface area contributed by atoms with Crippen LogP contribution in [0.2, 0.25) is 0 Å². The largest absolute Gasteiger partial charge is 0.370 e. The van der Waals surface area contributed by atoms with Gasteiger partial charge in [-0.25, -0.2) is 0 Å². The Balaban J connectivity index is 1.41. The smallest absolute Gasteiger partial charge is 0.243 e. The fourth-order valence-corrected chi connectivity index (χ4v) is 6.89. The summed E-state index contributed by atoms with van der Waals surface area (Å²) in [5.74, 6) is -3.17. The number of nitrogens with zero attached hydrogens (tertiary/aromatic N) is 1. The number of guanidine groups is 1. The van der Waals surface area contributed by atoms with Gasteiger partial charge in [-0.15, -0.1) is 0 Å². The number of aliphatic imine (C=N–C) groups is 1. The molecular weight excluding hydrogens is 835 g/mol. The maximum atomic E-state index is 14.2. The summed E-state index contributed by atoms with van der Waals surface area (Å²) >= 11 is 2.18. The number of nitrogens with two attached hydrogens (primary N) is 3.